The summed E-state index contributed by atoms with van der Waals surface area (Å²) >= 11 is 6.37. The van der Waals surface area contributed by atoms with Crippen LogP contribution in [-0.2, 0) is 14.3 Å². The number of rotatable bonds is 8. The Bertz CT molecular complexity index is 1030. The first-order chi connectivity index (χ1) is 16.0. The molecule has 1 amide bonds. The molecule has 0 saturated carbocycles. The van der Waals surface area contributed by atoms with Crippen LogP contribution in [0.25, 0.3) is 6.08 Å². The molecule has 0 bridgehead atoms. The van der Waals surface area contributed by atoms with Gasteiger partial charge in [-0.15, -0.1) is 0 Å². The Morgan fingerprint density at radius 3 is 2.79 bits per heavy atom. The van der Waals surface area contributed by atoms with Crippen molar-refractivity contribution >= 4 is 29.6 Å². The smallest absolute Gasteiger partial charge is 0.339 e. The van der Waals surface area contributed by atoms with Gasteiger partial charge in [0.25, 0.3) is 0 Å². The van der Waals surface area contributed by atoms with Gasteiger partial charge in [0.2, 0.25) is 5.91 Å². The quantitative estimate of drug-likeness (QED) is 0.424. The number of morpholine rings is 1. The number of ether oxygens (including phenoxy) is 5. The molecular weight excluding hydrogens is 452 g/mol. The Kier molecular flexibility index (Phi) is 8.51. The van der Waals surface area contributed by atoms with Crippen LogP contribution in [0.4, 0.5) is 0 Å². The van der Waals surface area contributed by atoms with E-state index in [1.54, 1.807) is 29.2 Å². The minimum absolute atomic E-state index is 0.177. The lowest BCUT2D eigenvalue weighted by molar-refractivity contribution is -0.134. The summed E-state index contributed by atoms with van der Waals surface area (Å²) in [5.41, 5.74) is 0.920. The number of hydrogen-bond acceptors (Lipinski definition) is 8. The van der Waals surface area contributed by atoms with Gasteiger partial charge in [-0.3, -0.25) is 9.78 Å². The van der Waals surface area contributed by atoms with Gasteiger partial charge in [0, 0.05) is 18.8 Å². The fraction of sp³-hybridized carbons (Fsp3) is 0.348. The first kappa shape index (κ1) is 24.3. The van der Waals surface area contributed by atoms with E-state index in [0.717, 1.165) is 0 Å². The summed E-state index contributed by atoms with van der Waals surface area (Å²) < 4.78 is 26.6. The van der Waals surface area contributed by atoms with Gasteiger partial charge in [0.05, 0.1) is 51.3 Å². The molecule has 1 atom stereocenters. The number of methoxy groups -OCH3 is 3. The van der Waals surface area contributed by atoms with Crippen molar-refractivity contribution in [2.24, 2.45) is 0 Å². The topological polar surface area (TPSA) is 96.4 Å². The maximum absolute atomic E-state index is 12.7. The standard InChI is InChI=1S/C23H25ClN2O7/c1-29-19-6-4-15(21(24)22(19)30-2)5-7-20(27)26-8-9-32-18(13-26)14-33-17-10-16(11-25-12-17)23(28)31-3/h4-7,10-12,18H,8-9,13-14H2,1-3H3/b7-5+. The predicted octanol–water partition coefficient (Wildman–Crippen LogP) is 2.86. The molecule has 0 aliphatic carbocycles. The first-order valence-corrected chi connectivity index (χ1v) is 10.5. The molecule has 2 aromatic rings. The van der Waals surface area contributed by atoms with Crippen molar-refractivity contribution in [1.82, 2.24) is 9.88 Å². The van der Waals surface area contributed by atoms with Gasteiger partial charge in [-0.2, -0.15) is 0 Å². The second-order valence-electron chi connectivity index (χ2n) is 7.03. The van der Waals surface area contributed by atoms with Gasteiger partial charge in [-0.05, 0) is 29.8 Å². The number of hydrogen-bond donors (Lipinski definition) is 0. The normalized spacial score (nSPS) is 15.9. The molecule has 1 aromatic heterocycles. The molecule has 9 nitrogen and oxygen atoms in total. The minimum Gasteiger partial charge on any atom is -0.493 e. The Morgan fingerprint density at radius 1 is 1.24 bits per heavy atom. The van der Waals surface area contributed by atoms with Crippen LogP contribution in [0.5, 0.6) is 17.2 Å². The Hall–Kier alpha value is -3.30. The maximum atomic E-state index is 12.7. The number of esters is 1. The van der Waals surface area contributed by atoms with E-state index in [0.29, 0.717) is 47.5 Å². The summed E-state index contributed by atoms with van der Waals surface area (Å²) in [6, 6.07) is 5.01. The number of carbonyl (C=O) groups is 2. The Morgan fingerprint density at radius 2 is 2.06 bits per heavy atom. The average molecular weight is 477 g/mol. The van der Waals surface area contributed by atoms with E-state index in [1.807, 2.05) is 0 Å². The third-order valence-corrected chi connectivity index (χ3v) is 5.33. The van der Waals surface area contributed by atoms with Crippen LogP contribution in [0.3, 0.4) is 0 Å². The first-order valence-electron chi connectivity index (χ1n) is 10.1. The van der Waals surface area contributed by atoms with Crippen molar-refractivity contribution in [2.45, 2.75) is 6.10 Å². The molecule has 3 rings (SSSR count). The van der Waals surface area contributed by atoms with E-state index < -0.39 is 5.97 Å². The largest absolute Gasteiger partial charge is 0.493 e. The number of benzene rings is 1. The van der Waals surface area contributed by atoms with Crippen LogP contribution in [0.15, 0.2) is 36.7 Å². The predicted molar refractivity (Wildman–Crippen MR) is 121 cm³/mol. The molecule has 1 aliphatic heterocycles. The highest BCUT2D eigenvalue weighted by atomic mass is 35.5. The monoisotopic (exact) mass is 476 g/mol. The number of halogens is 1. The zero-order valence-corrected chi connectivity index (χ0v) is 19.3. The van der Waals surface area contributed by atoms with E-state index in [-0.39, 0.29) is 24.2 Å². The van der Waals surface area contributed by atoms with Gasteiger partial charge >= 0.3 is 5.97 Å². The number of nitrogens with zero attached hydrogens (tertiary/aromatic N) is 2. The maximum Gasteiger partial charge on any atom is 0.339 e. The fourth-order valence-corrected chi connectivity index (χ4v) is 3.53. The van der Waals surface area contributed by atoms with Gasteiger partial charge in [-0.25, -0.2) is 4.79 Å². The second kappa shape index (κ2) is 11.5. The lowest BCUT2D eigenvalue weighted by Gasteiger charge is -2.32. The second-order valence-corrected chi connectivity index (χ2v) is 7.40. The lowest BCUT2D eigenvalue weighted by atomic mass is 10.1. The number of pyridine rings is 1. The van der Waals surface area contributed by atoms with Crippen molar-refractivity contribution in [1.29, 1.82) is 0 Å². The van der Waals surface area contributed by atoms with Crippen molar-refractivity contribution in [2.75, 3.05) is 47.6 Å². The van der Waals surface area contributed by atoms with E-state index in [1.165, 1.54) is 39.8 Å². The van der Waals surface area contributed by atoms with Gasteiger partial charge < -0.3 is 28.6 Å². The van der Waals surface area contributed by atoms with E-state index >= 15 is 0 Å². The van der Waals surface area contributed by atoms with Crippen LogP contribution in [0.1, 0.15) is 15.9 Å². The summed E-state index contributed by atoms with van der Waals surface area (Å²) in [7, 11) is 4.32. The lowest BCUT2D eigenvalue weighted by Crippen LogP contribution is -2.47. The van der Waals surface area contributed by atoms with Gasteiger partial charge in [0.1, 0.15) is 18.5 Å². The number of aromatic nitrogens is 1. The molecule has 1 unspecified atom stereocenters. The van der Waals surface area contributed by atoms with Crippen molar-refractivity contribution in [3.05, 3.63) is 52.8 Å². The van der Waals surface area contributed by atoms with Crippen LogP contribution in [0.2, 0.25) is 5.02 Å². The van der Waals surface area contributed by atoms with E-state index in [2.05, 4.69) is 9.72 Å². The van der Waals surface area contributed by atoms with Crippen molar-refractivity contribution < 1.29 is 33.3 Å². The van der Waals surface area contributed by atoms with E-state index in [9.17, 15) is 9.59 Å². The number of carbonyl (C=O) groups excluding carboxylic acids is 2. The van der Waals surface area contributed by atoms with Crippen LogP contribution in [-0.4, -0.2) is 75.5 Å². The summed E-state index contributed by atoms with van der Waals surface area (Å²) in [5.74, 6) is 0.647. The molecule has 10 heteroatoms. The average Bonchev–Trinajstić information content (AvgIpc) is 2.86. The SMILES string of the molecule is COC(=O)c1cncc(OCC2CN(C(=O)/C=C/c3ccc(OC)c(OC)c3Cl)CCO2)c1. The fourth-order valence-electron chi connectivity index (χ4n) is 3.24. The zero-order valence-electron chi connectivity index (χ0n) is 18.6. The molecular formula is C23H25ClN2O7. The van der Waals surface area contributed by atoms with Crippen molar-refractivity contribution in [3.63, 3.8) is 0 Å². The summed E-state index contributed by atoms with van der Waals surface area (Å²) in [4.78, 5) is 30.0. The highest BCUT2D eigenvalue weighted by Crippen LogP contribution is 2.37. The van der Waals surface area contributed by atoms with Crippen LogP contribution >= 0.6 is 11.6 Å². The van der Waals surface area contributed by atoms with Crippen LogP contribution in [0, 0.1) is 0 Å². The molecule has 0 spiro atoms. The van der Waals surface area contributed by atoms with E-state index in [4.69, 9.17) is 30.5 Å². The van der Waals surface area contributed by atoms with Gasteiger partial charge in [0.15, 0.2) is 11.5 Å². The van der Waals surface area contributed by atoms with Crippen LogP contribution < -0.4 is 14.2 Å². The third-order valence-electron chi connectivity index (χ3n) is 4.94. The summed E-state index contributed by atoms with van der Waals surface area (Å²) in [5, 5.41) is 0.358. The molecule has 1 aliphatic rings. The molecule has 176 valence electrons. The van der Waals surface area contributed by atoms with Crippen molar-refractivity contribution in [3.8, 4) is 17.2 Å². The molecule has 2 heterocycles. The molecule has 1 saturated heterocycles. The highest BCUT2D eigenvalue weighted by molar-refractivity contribution is 6.33. The number of amides is 1. The molecule has 0 radical (unpaired) electrons. The highest BCUT2D eigenvalue weighted by Gasteiger charge is 2.24. The summed E-state index contributed by atoms with van der Waals surface area (Å²) in [6.07, 6.45) is 5.65. The minimum atomic E-state index is -0.500. The Labute approximate surface area is 196 Å². The Balaban J connectivity index is 1.59. The molecule has 1 aromatic carbocycles. The van der Waals surface area contributed by atoms with Gasteiger partial charge in [-0.1, -0.05) is 11.6 Å². The third kappa shape index (κ3) is 6.15. The molecule has 0 N–H and O–H groups in total. The zero-order chi connectivity index (χ0) is 23.8. The molecule has 1 fully saturated rings. The molecule has 33 heavy (non-hydrogen) atoms. The summed E-state index contributed by atoms with van der Waals surface area (Å²) in [6.45, 7) is 1.39.